The molecule has 0 aliphatic rings. The summed E-state index contributed by atoms with van der Waals surface area (Å²) in [5.74, 6) is 1.06. The molecule has 1 aromatic rings. The summed E-state index contributed by atoms with van der Waals surface area (Å²) in [5, 5.41) is 3.25. The molecule has 0 radical (unpaired) electrons. The molecule has 0 aliphatic carbocycles. The molecular formula is C12H21N3. The summed E-state index contributed by atoms with van der Waals surface area (Å²) in [6.45, 7) is 6.49. The Bertz CT molecular complexity index is 309. The van der Waals surface area contributed by atoms with Crippen LogP contribution in [0.3, 0.4) is 0 Å². The maximum absolute atomic E-state index is 4.45. The number of hydrogen-bond donors (Lipinski definition) is 1. The van der Waals surface area contributed by atoms with Gasteiger partial charge in [-0.2, -0.15) is 0 Å². The molecule has 3 nitrogen and oxygen atoms in total. The lowest BCUT2D eigenvalue weighted by molar-refractivity contribution is 0.639. The van der Waals surface area contributed by atoms with Gasteiger partial charge < -0.3 is 10.2 Å². The van der Waals surface area contributed by atoms with E-state index in [0.29, 0.717) is 12.1 Å². The van der Waals surface area contributed by atoms with E-state index in [9.17, 15) is 0 Å². The number of anilines is 1. The van der Waals surface area contributed by atoms with E-state index in [1.54, 1.807) is 0 Å². The molecule has 3 heteroatoms. The van der Waals surface area contributed by atoms with Crippen molar-refractivity contribution in [1.29, 1.82) is 0 Å². The van der Waals surface area contributed by atoms with Crippen LogP contribution in [0.4, 0.5) is 5.82 Å². The van der Waals surface area contributed by atoms with E-state index in [-0.39, 0.29) is 0 Å². The maximum atomic E-state index is 4.45. The number of hydrogen-bond acceptors (Lipinski definition) is 3. The van der Waals surface area contributed by atoms with E-state index in [2.05, 4.69) is 49.1 Å². The van der Waals surface area contributed by atoms with Crippen molar-refractivity contribution in [1.82, 2.24) is 10.3 Å². The Labute approximate surface area is 92.5 Å². The van der Waals surface area contributed by atoms with Crippen molar-refractivity contribution in [3.63, 3.8) is 0 Å². The van der Waals surface area contributed by atoms with Crippen molar-refractivity contribution >= 4 is 5.82 Å². The Morgan fingerprint density at radius 2 is 2.00 bits per heavy atom. The average molecular weight is 207 g/mol. The Kier molecular flexibility index (Phi) is 4.09. The van der Waals surface area contributed by atoms with Crippen LogP contribution in [0.1, 0.15) is 32.4 Å². The van der Waals surface area contributed by atoms with Crippen LogP contribution >= 0.6 is 0 Å². The monoisotopic (exact) mass is 207 g/mol. The number of pyridine rings is 1. The van der Waals surface area contributed by atoms with E-state index in [1.165, 1.54) is 5.56 Å². The highest BCUT2D eigenvalue weighted by atomic mass is 15.2. The molecule has 1 N–H and O–H groups in total. The van der Waals surface area contributed by atoms with E-state index in [4.69, 9.17) is 0 Å². The SMILES string of the molecule is CNC(C)c1cccnc1N(C)C(C)C. The standard InChI is InChI=1S/C12H21N3/c1-9(2)15(5)12-11(10(3)13-4)7-6-8-14-12/h6-10,13H,1-5H3. The Balaban J connectivity index is 3.06. The lowest BCUT2D eigenvalue weighted by Gasteiger charge is -2.26. The molecule has 1 aromatic heterocycles. The van der Waals surface area contributed by atoms with Crippen molar-refractivity contribution in [2.24, 2.45) is 0 Å². The van der Waals surface area contributed by atoms with Crippen molar-refractivity contribution < 1.29 is 0 Å². The van der Waals surface area contributed by atoms with Gasteiger partial charge in [0.15, 0.2) is 0 Å². The zero-order valence-electron chi connectivity index (χ0n) is 10.3. The van der Waals surface area contributed by atoms with E-state index in [0.717, 1.165) is 5.82 Å². The van der Waals surface area contributed by atoms with Gasteiger partial charge in [0.2, 0.25) is 0 Å². The van der Waals surface area contributed by atoms with Gasteiger partial charge >= 0.3 is 0 Å². The highest BCUT2D eigenvalue weighted by Gasteiger charge is 2.14. The Morgan fingerprint density at radius 3 is 2.53 bits per heavy atom. The highest BCUT2D eigenvalue weighted by molar-refractivity contribution is 5.48. The molecule has 1 atom stereocenters. The van der Waals surface area contributed by atoms with Crippen LogP contribution in [-0.4, -0.2) is 25.1 Å². The van der Waals surface area contributed by atoms with Crippen molar-refractivity contribution in [2.45, 2.75) is 32.9 Å². The second kappa shape index (κ2) is 5.12. The van der Waals surface area contributed by atoms with Crippen LogP contribution in [0.5, 0.6) is 0 Å². The minimum atomic E-state index is 0.329. The fourth-order valence-corrected chi connectivity index (χ4v) is 1.44. The summed E-state index contributed by atoms with van der Waals surface area (Å²) in [5.41, 5.74) is 1.25. The molecule has 0 amide bonds. The molecule has 0 aliphatic heterocycles. The van der Waals surface area contributed by atoms with Crippen molar-refractivity contribution in [3.8, 4) is 0 Å². The molecule has 0 bridgehead atoms. The average Bonchev–Trinajstić information content (AvgIpc) is 2.27. The predicted molar refractivity (Wildman–Crippen MR) is 65.3 cm³/mol. The summed E-state index contributed by atoms with van der Waals surface area (Å²) < 4.78 is 0. The molecule has 1 unspecified atom stereocenters. The summed E-state index contributed by atoms with van der Waals surface area (Å²) in [6, 6.07) is 4.90. The Hall–Kier alpha value is -1.09. The maximum Gasteiger partial charge on any atom is 0.133 e. The number of nitrogens with one attached hydrogen (secondary N) is 1. The van der Waals surface area contributed by atoms with Crippen LogP contribution in [0.15, 0.2) is 18.3 Å². The second-order valence-corrected chi connectivity index (χ2v) is 4.13. The third-order valence-electron chi connectivity index (χ3n) is 2.83. The molecule has 15 heavy (non-hydrogen) atoms. The Morgan fingerprint density at radius 1 is 1.33 bits per heavy atom. The van der Waals surface area contributed by atoms with Crippen LogP contribution in [0.25, 0.3) is 0 Å². The fraction of sp³-hybridized carbons (Fsp3) is 0.583. The number of nitrogens with zero attached hydrogens (tertiary/aromatic N) is 2. The first kappa shape index (κ1) is 12.0. The van der Waals surface area contributed by atoms with Crippen LogP contribution in [0.2, 0.25) is 0 Å². The first-order valence-electron chi connectivity index (χ1n) is 5.43. The molecule has 0 saturated carbocycles. The molecule has 0 saturated heterocycles. The largest absolute Gasteiger partial charge is 0.357 e. The summed E-state index contributed by atoms with van der Waals surface area (Å²) in [4.78, 5) is 6.65. The van der Waals surface area contributed by atoms with Gasteiger partial charge in [-0.15, -0.1) is 0 Å². The third-order valence-corrected chi connectivity index (χ3v) is 2.83. The lowest BCUT2D eigenvalue weighted by atomic mass is 10.1. The van der Waals surface area contributed by atoms with Gasteiger partial charge in [0.05, 0.1) is 0 Å². The zero-order valence-corrected chi connectivity index (χ0v) is 10.3. The smallest absolute Gasteiger partial charge is 0.133 e. The van der Waals surface area contributed by atoms with E-state index < -0.39 is 0 Å². The van der Waals surface area contributed by atoms with Crippen LogP contribution in [0, 0.1) is 0 Å². The molecular weight excluding hydrogens is 186 g/mol. The van der Waals surface area contributed by atoms with Gasteiger partial charge in [-0.3, -0.25) is 0 Å². The normalized spacial score (nSPS) is 12.9. The fourth-order valence-electron chi connectivity index (χ4n) is 1.44. The number of rotatable bonds is 4. The minimum absolute atomic E-state index is 0.329. The van der Waals surface area contributed by atoms with E-state index in [1.807, 2.05) is 19.3 Å². The topological polar surface area (TPSA) is 28.2 Å². The molecule has 1 rings (SSSR count). The van der Waals surface area contributed by atoms with Gasteiger partial charge in [-0.1, -0.05) is 6.07 Å². The van der Waals surface area contributed by atoms with E-state index >= 15 is 0 Å². The third kappa shape index (κ3) is 2.69. The predicted octanol–water partition coefficient (Wildman–Crippen LogP) is 2.21. The van der Waals surface area contributed by atoms with Crippen molar-refractivity contribution in [2.75, 3.05) is 19.0 Å². The minimum Gasteiger partial charge on any atom is -0.357 e. The summed E-state index contributed by atoms with van der Waals surface area (Å²) in [6.07, 6.45) is 1.85. The lowest BCUT2D eigenvalue weighted by Crippen LogP contribution is -2.29. The summed E-state index contributed by atoms with van der Waals surface area (Å²) in [7, 11) is 4.05. The first-order valence-corrected chi connectivity index (χ1v) is 5.43. The molecule has 0 fully saturated rings. The van der Waals surface area contributed by atoms with Crippen molar-refractivity contribution in [3.05, 3.63) is 23.9 Å². The molecule has 1 heterocycles. The van der Waals surface area contributed by atoms with Gasteiger partial charge in [0.25, 0.3) is 0 Å². The van der Waals surface area contributed by atoms with Gasteiger partial charge in [0.1, 0.15) is 5.82 Å². The van der Waals surface area contributed by atoms with Gasteiger partial charge in [-0.25, -0.2) is 4.98 Å². The molecule has 0 spiro atoms. The zero-order chi connectivity index (χ0) is 11.4. The quantitative estimate of drug-likeness (QED) is 0.820. The first-order chi connectivity index (χ1) is 7.07. The molecule has 84 valence electrons. The number of aromatic nitrogens is 1. The highest BCUT2D eigenvalue weighted by Crippen LogP contribution is 2.23. The van der Waals surface area contributed by atoms with Crippen LogP contribution in [-0.2, 0) is 0 Å². The molecule has 0 aromatic carbocycles. The van der Waals surface area contributed by atoms with Gasteiger partial charge in [0, 0.05) is 30.9 Å². The van der Waals surface area contributed by atoms with Crippen LogP contribution < -0.4 is 10.2 Å². The summed E-state index contributed by atoms with van der Waals surface area (Å²) >= 11 is 0. The van der Waals surface area contributed by atoms with Gasteiger partial charge in [-0.05, 0) is 33.9 Å². The second-order valence-electron chi connectivity index (χ2n) is 4.13.